The van der Waals surface area contributed by atoms with Gasteiger partial charge >= 0.3 is 5.97 Å². The van der Waals surface area contributed by atoms with Gasteiger partial charge < -0.3 is 9.84 Å². The first-order valence-corrected chi connectivity index (χ1v) is 4.91. The summed E-state index contributed by atoms with van der Waals surface area (Å²) < 4.78 is 4.90. The van der Waals surface area contributed by atoms with Gasteiger partial charge in [-0.1, -0.05) is 27.2 Å². The van der Waals surface area contributed by atoms with E-state index in [1.165, 1.54) is 0 Å². The molecule has 3 heteroatoms. The lowest BCUT2D eigenvalue weighted by Gasteiger charge is -2.13. The minimum absolute atomic E-state index is 0.110. The Balaban J connectivity index is 3.50. The van der Waals surface area contributed by atoms with E-state index in [1.54, 1.807) is 0 Å². The van der Waals surface area contributed by atoms with Crippen molar-refractivity contribution in [2.45, 2.75) is 46.1 Å². The van der Waals surface area contributed by atoms with Crippen LogP contribution in [-0.2, 0) is 9.53 Å². The number of aliphatic hydroxyl groups excluding tert-OH is 1. The third kappa shape index (κ3) is 6.58. The van der Waals surface area contributed by atoms with Crippen LogP contribution in [0, 0.1) is 5.92 Å². The number of carbonyl (C=O) groups excluding carboxylic acids is 1. The van der Waals surface area contributed by atoms with Gasteiger partial charge in [0.2, 0.25) is 0 Å². The van der Waals surface area contributed by atoms with Crippen LogP contribution in [0.2, 0.25) is 0 Å². The van der Waals surface area contributed by atoms with Gasteiger partial charge in [0.05, 0.1) is 19.1 Å². The summed E-state index contributed by atoms with van der Waals surface area (Å²) in [5.41, 5.74) is 0. The number of aliphatic hydroxyl groups is 1. The maximum atomic E-state index is 11.1. The topological polar surface area (TPSA) is 46.5 Å². The zero-order valence-electron chi connectivity index (χ0n) is 8.75. The molecule has 0 spiro atoms. The molecule has 3 nitrogen and oxygen atoms in total. The molecule has 78 valence electrons. The van der Waals surface area contributed by atoms with Gasteiger partial charge in [-0.25, -0.2) is 0 Å². The summed E-state index contributed by atoms with van der Waals surface area (Å²) in [7, 11) is 0. The van der Waals surface area contributed by atoms with Crippen molar-refractivity contribution in [3.63, 3.8) is 0 Å². The molecule has 0 amide bonds. The quantitative estimate of drug-likeness (QED) is 0.510. The van der Waals surface area contributed by atoms with Crippen molar-refractivity contribution >= 4 is 5.97 Å². The molecule has 1 N–H and O–H groups in total. The van der Waals surface area contributed by atoms with Crippen LogP contribution in [0.5, 0.6) is 0 Å². The predicted octanol–water partition coefficient (Wildman–Crippen LogP) is 1.74. The third-order valence-electron chi connectivity index (χ3n) is 1.91. The maximum Gasteiger partial charge on any atom is 0.308 e. The standard InChI is InChI=1S/C10H20O3/c1-4-5-6-13-10(12)7-9(11)8(2)3/h8-9,11H,4-7H2,1-3H3. The average molecular weight is 188 g/mol. The molecule has 0 aliphatic rings. The first kappa shape index (κ1) is 12.4. The van der Waals surface area contributed by atoms with Crippen LogP contribution in [0.3, 0.4) is 0 Å². The van der Waals surface area contributed by atoms with Gasteiger partial charge in [0.25, 0.3) is 0 Å². The summed E-state index contributed by atoms with van der Waals surface area (Å²) in [5, 5.41) is 9.35. The number of ether oxygens (including phenoxy) is 1. The van der Waals surface area contributed by atoms with Crippen molar-refractivity contribution in [2.75, 3.05) is 6.61 Å². The van der Waals surface area contributed by atoms with Crippen molar-refractivity contribution in [1.29, 1.82) is 0 Å². The summed E-state index contributed by atoms with van der Waals surface area (Å²) in [6.07, 6.45) is 1.44. The molecule has 0 aromatic carbocycles. The summed E-state index contributed by atoms with van der Waals surface area (Å²) in [5.74, 6) is -0.187. The molecule has 0 aromatic rings. The molecule has 0 rings (SSSR count). The molecule has 0 saturated carbocycles. The summed E-state index contributed by atoms with van der Waals surface area (Å²) >= 11 is 0. The van der Waals surface area contributed by atoms with Crippen LogP contribution in [0.25, 0.3) is 0 Å². The van der Waals surface area contributed by atoms with Gasteiger partial charge in [-0.2, -0.15) is 0 Å². The van der Waals surface area contributed by atoms with E-state index in [-0.39, 0.29) is 18.3 Å². The Kier molecular flexibility index (Phi) is 6.59. The lowest BCUT2D eigenvalue weighted by atomic mass is 10.1. The van der Waals surface area contributed by atoms with Gasteiger partial charge in [-0.3, -0.25) is 4.79 Å². The van der Waals surface area contributed by atoms with E-state index in [0.717, 1.165) is 12.8 Å². The van der Waals surface area contributed by atoms with Crippen LogP contribution in [0.15, 0.2) is 0 Å². The van der Waals surface area contributed by atoms with Crippen LogP contribution >= 0.6 is 0 Å². The highest BCUT2D eigenvalue weighted by molar-refractivity contribution is 5.69. The number of unbranched alkanes of at least 4 members (excludes halogenated alkanes) is 1. The molecule has 0 radical (unpaired) electrons. The van der Waals surface area contributed by atoms with E-state index < -0.39 is 6.10 Å². The van der Waals surface area contributed by atoms with Gasteiger partial charge in [0, 0.05) is 0 Å². The number of rotatable bonds is 6. The Morgan fingerprint density at radius 1 is 1.46 bits per heavy atom. The van der Waals surface area contributed by atoms with Crippen LogP contribution in [0.4, 0.5) is 0 Å². The Hall–Kier alpha value is -0.570. The Labute approximate surface area is 80.1 Å². The van der Waals surface area contributed by atoms with Gasteiger partial charge in [-0.05, 0) is 12.3 Å². The Bertz CT molecular complexity index is 143. The summed E-state index contributed by atoms with van der Waals surface area (Å²) in [6.45, 7) is 6.27. The molecule has 0 saturated heterocycles. The molecule has 0 bridgehead atoms. The zero-order chi connectivity index (χ0) is 10.3. The molecular formula is C10H20O3. The van der Waals surface area contributed by atoms with Crippen LogP contribution < -0.4 is 0 Å². The summed E-state index contributed by atoms with van der Waals surface area (Å²) in [4.78, 5) is 11.1. The first-order chi connectivity index (χ1) is 6.07. The normalized spacial score (nSPS) is 13.0. The monoisotopic (exact) mass is 188 g/mol. The van der Waals surface area contributed by atoms with Crippen molar-refractivity contribution in [3.05, 3.63) is 0 Å². The fraction of sp³-hybridized carbons (Fsp3) is 0.900. The first-order valence-electron chi connectivity index (χ1n) is 4.91. The fourth-order valence-corrected chi connectivity index (χ4v) is 0.796. The maximum absolute atomic E-state index is 11.1. The van der Waals surface area contributed by atoms with E-state index >= 15 is 0 Å². The third-order valence-corrected chi connectivity index (χ3v) is 1.91. The number of carbonyl (C=O) groups is 1. The van der Waals surface area contributed by atoms with Crippen LogP contribution in [0.1, 0.15) is 40.0 Å². The number of esters is 1. The highest BCUT2D eigenvalue weighted by atomic mass is 16.5. The van der Waals surface area contributed by atoms with Crippen molar-refractivity contribution in [2.24, 2.45) is 5.92 Å². The van der Waals surface area contributed by atoms with E-state index in [1.807, 2.05) is 20.8 Å². The summed E-state index contributed by atoms with van der Waals surface area (Å²) in [6, 6.07) is 0. The predicted molar refractivity (Wildman–Crippen MR) is 51.3 cm³/mol. The van der Waals surface area contributed by atoms with Gasteiger partial charge in [0.1, 0.15) is 0 Å². The molecule has 1 atom stereocenters. The molecule has 0 aromatic heterocycles. The second-order valence-corrected chi connectivity index (χ2v) is 3.59. The Morgan fingerprint density at radius 3 is 2.54 bits per heavy atom. The minimum Gasteiger partial charge on any atom is -0.466 e. The molecule has 0 fully saturated rings. The van der Waals surface area contributed by atoms with Crippen molar-refractivity contribution < 1.29 is 14.6 Å². The van der Waals surface area contributed by atoms with E-state index in [2.05, 4.69) is 0 Å². The van der Waals surface area contributed by atoms with Crippen LogP contribution in [-0.4, -0.2) is 23.8 Å². The molecule has 0 aliphatic carbocycles. The van der Waals surface area contributed by atoms with Crippen molar-refractivity contribution in [1.82, 2.24) is 0 Å². The lowest BCUT2D eigenvalue weighted by molar-refractivity contribution is -0.146. The SMILES string of the molecule is CCCCOC(=O)CC(O)C(C)C. The lowest BCUT2D eigenvalue weighted by Crippen LogP contribution is -2.21. The Morgan fingerprint density at radius 2 is 2.08 bits per heavy atom. The fourth-order valence-electron chi connectivity index (χ4n) is 0.796. The average Bonchev–Trinajstić information content (AvgIpc) is 2.04. The molecule has 13 heavy (non-hydrogen) atoms. The number of hydrogen-bond donors (Lipinski definition) is 1. The molecule has 1 unspecified atom stereocenters. The highest BCUT2D eigenvalue weighted by Gasteiger charge is 2.14. The highest BCUT2D eigenvalue weighted by Crippen LogP contribution is 2.06. The van der Waals surface area contributed by atoms with E-state index in [9.17, 15) is 9.90 Å². The second-order valence-electron chi connectivity index (χ2n) is 3.59. The van der Waals surface area contributed by atoms with Gasteiger partial charge in [0.15, 0.2) is 0 Å². The molecule has 0 aliphatic heterocycles. The molecule has 0 heterocycles. The second kappa shape index (κ2) is 6.89. The minimum atomic E-state index is -0.575. The number of hydrogen-bond acceptors (Lipinski definition) is 3. The van der Waals surface area contributed by atoms with Gasteiger partial charge in [-0.15, -0.1) is 0 Å². The smallest absolute Gasteiger partial charge is 0.308 e. The van der Waals surface area contributed by atoms with Crippen molar-refractivity contribution in [3.8, 4) is 0 Å². The zero-order valence-corrected chi connectivity index (χ0v) is 8.75. The van der Waals surface area contributed by atoms with E-state index in [4.69, 9.17) is 4.74 Å². The van der Waals surface area contributed by atoms with E-state index in [0.29, 0.717) is 6.61 Å². The largest absolute Gasteiger partial charge is 0.466 e. The molecular weight excluding hydrogens is 168 g/mol.